The van der Waals surface area contributed by atoms with Gasteiger partial charge in [-0.25, -0.2) is 0 Å². The Labute approximate surface area is 125 Å². The Balaban J connectivity index is 2.18. The summed E-state index contributed by atoms with van der Waals surface area (Å²) < 4.78 is 6.38. The van der Waals surface area contributed by atoms with E-state index in [1.807, 2.05) is 18.2 Å². The van der Waals surface area contributed by atoms with Gasteiger partial charge in [0.1, 0.15) is 10.8 Å². The molecule has 1 aromatic carbocycles. The number of ether oxygens (including phenoxy) is 1. The second-order valence-corrected chi connectivity index (χ2v) is 5.93. The number of halogens is 1. The Morgan fingerprint density at radius 2 is 2.21 bits per heavy atom. The predicted octanol–water partition coefficient (Wildman–Crippen LogP) is 3.13. The monoisotopic (exact) mass is 341 g/mol. The average molecular weight is 342 g/mol. The Morgan fingerprint density at radius 1 is 1.37 bits per heavy atom. The summed E-state index contributed by atoms with van der Waals surface area (Å²) in [6, 6.07) is 5.92. The third-order valence-electron chi connectivity index (χ3n) is 2.63. The predicted molar refractivity (Wildman–Crippen MR) is 81.8 cm³/mol. The normalized spacial score (nSPS) is 10.7. The second-order valence-electron chi connectivity index (χ2n) is 3.95. The third-order valence-corrected chi connectivity index (χ3v) is 4.14. The van der Waals surface area contributed by atoms with E-state index in [1.165, 1.54) is 0 Å². The molecule has 0 aliphatic heterocycles. The SMILES string of the molecule is CCNCCc1nnc(-c2ccc(Br)cc2OC)s1. The van der Waals surface area contributed by atoms with Crippen molar-refractivity contribution in [3.05, 3.63) is 27.7 Å². The molecule has 0 radical (unpaired) electrons. The van der Waals surface area contributed by atoms with E-state index in [9.17, 15) is 0 Å². The van der Waals surface area contributed by atoms with Crippen molar-refractivity contribution in [1.82, 2.24) is 15.5 Å². The van der Waals surface area contributed by atoms with Crippen LogP contribution in [0.3, 0.4) is 0 Å². The number of hydrogen-bond acceptors (Lipinski definition) is 5. The molecule has 0 saturated heterocycles. The van der Waals surface area contributed by atoms with Crippen molar-refractivity contribution >= 4 is 27.3 Å². The summed E-state index contributed by atoms with van der Waals surface area (Å²) in [7, 11) is 1.67. The first-order valence-electron chi connectivity index (χ1n) is 6.11. The van der Waals surface area contributed by atoms with Crippen molar-refractivity contribution in [2.24, 2.45) is 0 Å². The fraction of sp³-hybridized carbons (Fsp3) is 0.385. The lowest BCUT2D eigenvalue weighted by molar-refractivity contribution is 0.416. The zero-order valence-corrected chi connectivity index (χ0v) is 13.3. The van der Waals surface area contributed by atoms with Crippen LogP contribution in [0.5, 0.6) is 5.75 Å². The van der Waals surface area contributed by atoms with Crippen LogP contribution in [-0.2, 0) is 6.42 Å². The van der Waals surface area contributed by atoms with Crippen molar-refractivity contribution < 1.29 is 4.74 Å². The highest BCUT2D eigenvalue weighted by molar-refractivity contribution is 9.10. The van der Waals surface area contributed by atoms with Gasteiger partial charge in [0.15, 0.2) is 5.01 Å². The molecule has 1 aromatic heterocycles. The maximum atomic E-state index is 5.38. The molecular weight excluding hydrogens is 326 g/mol. The first-order chi connectivity index (χ1) is 9.24. The average Bonchev–Trinajstić information content (AvgIpc) is 2.87. The molecule has 4 nitrogen and oxygen atoms in total. The van der Waals surface area contributed by atoms with Crippen LogP contribution in [0.1, 0.15) is 11.9 Å². The maximum absolute atomic E-state index is 5.38. The van der Waals surface area contributed by atoms with E-state index in [-0.39, 0.29) is 0 Å². The molecule has 6 heteroatoms. The molecular formula is C13H16BrN3OS. The molecule has 1 N–H and O–H groups in total. The Kier molecular flexibility index (Phi) is 5.30. The summed E-state index contributed by atoms with van der Waals surface area (Å²) in [4.78, 5) is 0. The van der Waals surface area contributed by atoms with E-state index < -0.39 is 0 Å². The molecule has 0 fully saturated rings. The van der Waals surface area contributed by atoms with Crippen LogP contribution >= 0.6 is 27.3 Å². The summed E-state index contributed by atoms with van der Waals surface area (Å²) in [5.74, 6) is 0.809. The zero-order valence-electron chi connectivity index (χ0n) is 10.9. The highest BCUT2D eigenvalue weighted by Gasteiger charge is 2.11. The summed E-state index contributed by atoms with van der Waals surface area (Å²) >= 11 is 5.05. The first-order valence-corrected chi connectivity index (χ1v) is 7.72. The van der Waals surface area contributed by atoms with Gasteiger partial charge in [0.05, 0.1) is 12.7 Å². The highest BCUT2D eigenvalue weighted by atomic mass is 79.9. The molecule has 0 amide bonds. The van der Waals surface area contributed by atoms with Gasteiger partial charge in [0.2, 0.25) is 0 Å². The maximum Gasteiger partial charge on any atom is 0.151 e. The standard InChI is InChI=1S/C13H16BrN3OS/c1-3-15-7-6-12-16-17-13(19-12)10-5-4-9(14)8-11(10)18-2/h4-5,8,15H,3,6-7H2,1-2H3. The van der Waals surface area contributed by atoms with E-state index >= 15 is 0 Å². The van der Waals surface area contributed by atoms with Gasteiger partial charge in [-0.05, 0) is 24.7 Å². The zero-order chi connectivity index (χ0) is 13.7. The number of rotatable bonds is 6. The van der Waals surface area contributed by atoms with Crippen molar-refractivity contribution in [1.29, 1.82) is 0 Å². The topological polar surface area (TPSA) is 47.0 Å². The highest BCUT2D eigenvalue weighted by Crippen LogP contribution is 2.34. The number of nitrogens with zero attached hydrogens (tertiary/aromatic N) is 2. The van der Waals surface area contributed by atoms with E-state index in [2.05, 4.69) is 38.4 Å². The van der Waals surface area contributed by atoms with Gasteiger partial charge >= 0.3 is 0 Å². The lowest BCUT2D eigenvalue weighted by Gasteiger charge is -2.05. The van der Waals surface area contributed by atoms with Crippen molar-refractivity contribution in [2.45, 2.75) is 13.3 Å². The fourth-order valence-corrected chi connectivity index (χ4v) is 2.89. The van der Waals surface area contributed by atoms with Crippen LogP contribution in [-0.4, -0.2) is 30.4 Å². The summed E-state index contributed by atoms with van der Waals surface area (Å²) in [5.41, 5.74) is 0.984. The van der Waals surface area contributed by atoms with Crippen LogP contribution < -0.4 is 10.1 Å². The van der Waals surface area contributed by atoms with E-state index in [0.29, 0.717) is 0 Å². The number of nitrogens with one attached hydrogen (secondary N) is 1. The van der Waals surface area contributed by atoms with Gasteiger partial charge < -0.3 is 10.1 Å². The lowest BCUT2D eigenvalue weighted by Crippen LogP contribution is -2.15. The van der Waals surface area contributed by atoms with E-state index in [1.54, 1.807) is 18.4 Å². The molecule has 0 spiro atoms. The number of benzene rings is 1. The molecule has 0 atom stereocenters. The lowest BCUT2D eigenvalue weighted by atomic mass is 10.2. The van der Waals surface area contributed by atoms with Gasteiger partial charge in [-0.1, -0.05) is 34.2 Å². The van der Waals surface area contributed by atoms with Crippen LogP contribution in [0.2, 0.25) is 0 Å². The first kappa shape index (κ1) is 14.4. The molecule has 0 saturated carbocycles. The van der Waals surface area contributed by atoms with Crippen LogP contribution in [0, 0.1) is 0 Å². The quantitative estimate of drug-likeness (QED) is 0.820. The van der Waals surface area contributed by atoms with Crippen LogP contribution in [0.25, 0.3) is 10.6 Å². The molecule has 2 aromatic rings. The largest absolute Gasteiger partial charge is 0.496 e. The molecule has 0 aliphatic carbocycles. The molecule has 102 valence electrons. The second kappa shape index (κ2) is 6.98. The summed E-state index contributed by atoms with van der Waals surface area (Å²) in [6.07, 6.45) is 0.907. The molecule has 2 rings (SSSR count). The molecule has 0 bridgehead atoms. The Morgan fingerprint density at radius 3 is 2.95 bits per heavy atom. The number of methoxy groups -OCH3 is 1. The van der Waals surface area contributed by atoms with Crippen LogP contribution in [0.15, 0.2) is 22.7 Å². The Bertz CT molecular complexity index is 544. The molecule has 1 heterocycles. The minimum atomic E-state index is 0.809. The minimum absolute atomic E-state index is 0.809. The number of likely N-dealkylation sites (N-methyl/N-ethyl adjacent to an activating group) is 1. The van der Waals surface area contributed by atoms with E-state index in [4.69, 9.17) is 4.74 Å². The minimum Gasteiger partial charge on any atom is -0.496 e. The van der Waals surface area contributed by atoms with Crippen molar-refractivity contribution in [3.8, 4) is 16.3 Å². The number of aromatic nitrogens is 2. The van der Waals surface area contributed by atoms with Gasteiger partial charge in [0, 0.05) is 17.4 Å². The van der Waals surface area contributed by atoms with Crippen molar-refractivity contribution in [2.75, 3.05) is 20.2 Å². The summed E-state index contributed by atoms with van der Waals surface area (Å²) in [5, 5.41) is 13.7. The van der Waals surface area contributed by atoms with Crippen molar-refractivity contribution in [3.63, 3.8) is 0 Å². The van der Waals surface area contributed by atoms with Gasteiger partial charge in [-0.15, -0.1) is 10.2 Å². The summed E-state index contributed by atoms with van der Waals surface area (Å²) in [6.45, 7) is 4.01. The van der Waals surface area contributed by atoms with Gasteiger partial charge in [0.25, 0.3) is 0 Å². The van der Waals surface area contributed by atoms with Gasteiger partial charge in [-0.3, -0.25) is 0 Å². The number of hydrogen-bond donors (Lipinski definition) is 1. The molecule has 0 aliphatic rings. The Hall–Kier alpha value is -0.980. The van der Waals surface area contributed by atoms with Crippen LogP contribution in [0.4, 0.5) is 0 Å². The fourth-order valence-electron chi connectivity index (χ4n) is 1.68. The smallest absolute Gasteiger partial charge is 0.151 e. The third kappa shape index (κ3) is 3.75. The van der Waals surface area contributed by atoms with Gasteiger partial charge in [-0.2, -0.15) is 0 Å². The molecule has 19 heavy (non-hydrogen) atoms. The van der Waals surface area contributed by atoms with E-state index in [0.717, 1.165) is 45.3 Å². The molecule has 0 unspecified atom stereocenters.